The van der Waals surface area contributed by atoms with E-state index in [1.807, 2.05) is 0 Å². The van der Waals surface area contributed by atoms with Gasteiger partial charge in [0.2, 0.25) is 0 Å². The molecule has 19 heteroatoms. The summed E-state index contributed by atoms with van der Waals surface area (Å²) >= 11 is 0. The molecule has 548 valence electrons. The van der Waals surface area contributed by atoms with Crippen molar-refractivity contribution in [3.05, 3.63) is 24.3 Å². The predicted molar refractivity (Wildman–Crippen MR) is 377 cm³/mol. The summed E-state index contributed by atoms with van der Waals surface area (Å²) in [5, 5.41) is 10.6. The summed E-state index contributed by atoms with van der Waals surface area (Å²) in [6.45, 7) is 11.7. The Bertz CT molecular complexity index is 1910. The van der Waals surface area contributed by atoms with Gasteiger partial charge in [-0.05, 0) is 69.1 Å². The molecule has 0 spiro atoms. The number of carbonyl (C=O) groups excluding carboxylic acids is 4. The zero-order chi connectivity index (χ0) is 68.7. The third-order valence-corrected chi connectivity index (χ3v) is 18.4. The molecule has 0 fully saturated rings. The average Bonchev–Trinajstić information content (AvgIpc) is 2.62. The molecule has 5 atom stereocenters. The number of allylic oxidation sites excluding steroid dienone is 4. The van der Waals surface area contributed by atoms with Gasteiger partial charge in [0.1, 0.15) is 19.3 Å². The Labute approximate surface area is 567 Å². The van der Waals surface area contributed by atoms with Gasteiger partial charge in [-0.2, -0.15) is 0 Å². The van der Waals surface area contributed by atoms with E-state index in [2.05, 4.69) is 72.8 Å². The molecule has 0 aromatic rings. The van der Waals surface area contributed by atoms with Crippen molar-refractivity contribution >= 4 is 39.5 Å². The van der Waals surface area contributed by atoms with E-state index in [-0.39, 0.29) is 25.7 Å². The van der Waals surface area contributed by atoms with Gasteiger partial charge in [0.25, 0.3) is 0 Å². The molecule has 0 saturated heterocycles. The Balaban J connectivity index is 5.22. The van der Waals surface area contributed by atoms with Crippen LogP contribution in [0, 0.1) is 17.8 Å². The third kappa shape index (κ3) is 67.9. The molecule has 0 saturated carbocycles. The highest BCUT2D eigenvalue weighted by molar-refractivity contribution is 7.47. The van der Waals surface area contributed by atoms with E-state index < -0.39 is 97.5 Å². The molecule has 0 aromatic heterocycles. The van der Waals surface area contributed by atoms with Crippen LogP contribution in [0.15, 0.2) is 24.3 Å². The zero-order valence-corrected chi connectivity index (χ0v) is 62.0. The third-order valence-electron chi connectivity index (χ3n) is 16.5. The maximum atomic E-state index is 13.0. The minimum atomic E-state index is -4.96. The first kappa shape index (κ1) is 90.5. The van der Waals surface area contributed by atoms with Crippen molar-refractivity contribution in [2.24, 2.45) is 17.8 Å². The van der Waals surface area contributed by atoms with Gasteiger partial charge >= 0.3 is 39.5 Å². The van der Waals surface area contributed by atoms with E-state index in [0.717, 1.165) is 115 Å². The summed E-state index contributed by atoms with van der Waals surface area (Å²) in [6, 6.07) is 0. The number of rotatable bonds is 70. The summed E-state index contributed by atoms with van der Waals surface area (Å²) in [6.07, 6.45) is 52.4. The number of phosphoric acid groups is 2. The van der Waals surface area contributed by atoms with E-state index in [4.69, 9.17) is 37.0 Å². The number of hydrogen-bond donors (Lipinski definition) is 3. The number of unbranched alkanes of at least 4 members (excludes halogenated alkanes) is 35. The molecule has 3 N–H and O–H groups in total. The summed E-state index contributed by atoms with van der Waals surface area (Å²) in [5.74, 6) is 0.0456. The van der Waals surface area contributed by atoms with Gasteiger partial charge < -0.3 is 33.8 Å². The fourth-order valence-corrected chi connectivity index (χ4v) is 12.3. The predicted octanol–water partition coefficient (Wildman–Crippen LogP) is 21.0. The van der Waals surface area contributed by atoms with E-state index in [9.17, 15) is 43.2 Å². The Morgan fingerprint density at radius 3 is 0.871 bits per heavy atom. The maximum absolute atomic E-state index is 13.0. The first-order valence-electron chi connectivity index (χ1n) is 37.7. The van der Waals surface area contributed by atoms with Gasteiger partial charge in [-0.15, -0.1) is 0 Å². The maximum Gasteiger partial charge on any atom is 0.472 e. The molecule has 0 aromatic carbocycles. The summed E-state index contributed by atoms with van der Waals surface area (Å²) in [4.78, 5) is 72.6. The molecule has 0 heterocycles. The molecule has 0 aliphatic heterocycles. The lowest BCUT2D eigenvalue weighted by atomic mass is 10.0. The summed E-state index contributed by atoms with van der Waals surface area (Å²) < 4.78 is 68.3. The summed E-state index contributed by atoms with van der Waals surface area (Å²) in [7, 11) is -9.92. The highest BCUT2D eigenvalue weighted by atomic mass is 31.2. The quantitative estimate of drug-likeness (QED) is 0.0169. The lowest BCUT2D eigenvalue weighted by Gasteiger charge is -2.21. The molecule has 0 rings (SSSR count). The van der Waals surface area contributed by atoms with Crippen molar-refractivity contribution in [1.29, 1.82) is 0 Å². The molecule has 0 bridgehead atoms. The fourth-order valence-electron chi connectivity index (χ4n) is 10.7. The van der Waals surface area contributed by atoms with Crippen molar-refractivity contribution in [1.82, 2.24) is 0 Å². The van der Waals surface area contributed by atoms with Crippen molar-refractivity contribution in [2.45, 2.75) is 369 Å². The standard InChI is InChI=1S/C74H140O17P2/c1-8-9-10-11-12-13-14-15-17-22-25-28-35-43-50-57-73(78)90-69(62-85-72(77)56-49-42-36-29-32-39-46-53-66(4)5)63-88-92(80,81)86-59-68(75)60-87-93(82,83)89-64-70(91-74(79)58-51-44-37-30-33-40-47-54-67(6)7)61-84-71(76)55-48-41-34-27-24-21-19-16-18-20-23-26-31-38-45-52-65(2)3/h13-15,17,65-70,75H,8-12,16,18-64H2,1-7H3,(H,80,81)(H,82,83)/b14-13-,17-15-/t68?,69-,70-/m1/s1. The van der Waals surface area contributed by atoms with E-state index in [0.29, 0.717) is 37.5 Å². The SMILES string of the molecule is CCCCCC/C=C\C=C/CCCCCCCC(=O)O[C@H](COC(=O)CCCCCCCCCC(C)C)COP(=O)(O)OCC(O)COP(=O)(O)OC[C@@H](COC(=O)CCCCCCCCCCCCCCCCCC(C)C)OC(=O)CCCCCCCCCC(C)C. The van der Waals surface area contributed by atoms with Crippen LogP contribution in [0.1, 0.15) is 350 Å². The van der Waals surface area contributed by atoms with Gasteiger partial charge in [0.15, 0.2) is 12.2 Å². The number of esters is 4. The van der Waals surface area contributed by atoms with Crippen molar-refractivity contribution < 1.29 is 80.2 Å². The molecule has 0 radical (unpaired) electrons. The normalized spacial score (nSPS) is 14.3. The van der Waals surface area contributed by atoms with Crippen LogP contribution in [-0.4, -0.2) is 96.7 Å². The number of aliphatic hydroxyl groups excluding tert-OH is 1. The first-order chi connectivity index (χ1) is 44.7. The minimum Gasteiger partial charge on any atom is -0.462 e. The topological polar surface area (TPSA) is 237 Å². The number of aliphatic hydroxyl groups is 1. The Morgan fingerprint density at radius 2 is 0.581 bits per heavy atom. The lowest BCUT2D eigenvalue weighted by Crippen LogP contribution is -2.30. The van der Waals surface area contributed by atoms with Gasteiger partial charge in [0, 0.05) is 25.7 Å². The molecule has 0 aliphatic carbocycles. The number of hydrogen-bond acceptors (Lipinski definition) is 15. The number of phosphoric ester groups is 2. The summed E-state index contributed by atoms with van der Waals surface area (Å²) in [5.41, 5.74) is 0. The molecule has 0 amide bonds. The first-order valence-corrected chi connectivity index (χ1v) is 40.7. The Hall–Kier alpha value is -2.46. The van der Waals surface area contributed by atoms with Crippen molar-refractivity contribution in [2.75, 3.05) is 39.6 Å². The largest absolute Gasteiger partial charge is 0.472 e. The van der Waals surface area contributed by atoms with E-state index in [1.165, 1.54) is 141 Å². The van der Waals surface area contributed by atoms with E-state index in [1.54, 1.807) is 0 Å². The van der Waals surface area contributed by atoms with Gasteiger partial charge in [-0.1, -0.05) is 297 Å². The van der Waals surface area contributed by atoms with Gasteiger partial charge in [0.05, 0.1) is 26.4 Å². The molecule has 17 nitrogen and oxygen atoms in total. The van der Waals surface area contributed by atoms with E-state index >= 15 is 0 Å². The number of carbonyl (C=O) groups is 4. The van der Waals surface area contributed by atoms with Crippen LogP contribution in [0.4, 0.5) is 0 Å². The smallest absolute Gasteiger partial charge is 0.462 e. The van der Waals surface area contributed by atoms with Gasteiger partial charge in [-0.3, -0.25) is 37.3 Å². The van der Waals surface area contributed by atoms with Crippen LogP contribution in [0.2, 0.25) is 0 Å². The van der Waals surface area contributed by atoms with Crippen LogP contribution in [-0.2, 0) is 65.4 Å². The molecular formula is C74H140O17P2. The molecule has 93 heavy (non-hydrogen) atoms. The fraction of sp³-hybridized carbons (Fsp3) is 0.892. The van der Waals surface area contributed by atoms with Crippen molar-refractivity contribution in [3.63, 3.8) is 0 Å². The number of ether oxygens (including phenoxy) is 4. The van der Waals surface area contributed by atoms with Gasteiger partial charge in [-0.25, -0.2) is 9.13 Å². The highest BCUT2D eigenvalue weighted by Crippen LogP contribution is 2.45. The second-order valence-corrected chi connectivity index (χ2v) is 30.3. The van der Waals surface area contributed by atoms with Crippen molar-refractivity contribution in [3.8, 4) is 0 Å². The highest BCUT2D eigenvalue weighted by Gasteiger charge is 2.30. The Morgan fingerprint density at radius 1 is 0.333 bits per heavy atom. The lowest BCUT2D eigenvalue weighted by molar-refractivity contribution is -0.161. The van der Waals surface area contributed by atoms with Crippen LogP contribution < -0.4 is 0 Å². The molecular weight excluding hydrogens is 1220 g/mol. The molecule has 3 unspecified atom stereocenters. The van der Waals surface area contributed by atoms with Crippen LogP contribution in [0.3, 0.4) is 0 Å². The molecule has 0 aliphatic rings. The monoisotopic (exact) mass is 1360 g/mol. The second-order valence-electron chi connectivity index (χ2n) is 27.4. The van der Waals surface area contributed by atoms with Crippen LogP contribution in [0.5, 0.6) is 0 Å². The van der Waals surface area contributed by atoms with Crippen LogP contribution >= 0.6 is 15.6 Å². The Kier molecular flexibility index (Phi) is 62.5. The zero-order valence-electron chi connectivity index (χ0n) is 60.2. The van der Waals surface area contributed by atoms with Crippen LogP contribution in [0.25, 0.3) is 0 Å². The minimum absolute atomic E-state index is 0.0838. The second kappa shape index (κ2) is 64.2. The average molecular weight is 1360 g/mol.